The van der Waals surface area contributed by atoms with Crippen molar-refractivity contribution in [3.8, 4) is 22.5 Å². The van der Waals surface area contributed by atoms with Crippen LogP contribution in [0.2, 0.25) is 0 Å². The number of amides is 5. The summed E-state index contributed by atoms with van der Waals surface area (Å²) in [5, 5.41) is 29.9. The van der Waals surface area contributed by atoms with Crippen LogP contribution in [-0.2, 0) is 14.4 Å². The summed E-state index contributed by atoms with van der Waals surface area (Å²) in [6.45, 7) is 2.91. The SMILES string of the molecule is CNc1cc(-n2ccc3cc(C#N)ccc32)ncc1-c1nnc([C@H]2CC[C@H](NC(=O)CN3CCN(c4ccc5c(c4)C(=O)N(C4CCC(=O)NC4=O)C5=O)CC3)CC2)s1. The van der Waals surface area contributed by atoms with Crippen LogP contribution in [0.25, 0.3) is 27.3 Å². The molecule has 5 amide bonds. The number of nitrogens with zero attached hydrogens (tertiary/aromatic N) is 8. The highest BCUT2D eigenvalue weighted by Gasteiger charge is 2.45. The number of piperazine rings is 1. The first-order valence-electron chi connectivity index (χ1n) is 19.8. The zero-order valence-electron chi connectivity index (χ0n) is 32.3. The number of carbonyl (C=O) groups excluding carboxylic acids is 5. The molecule has 5 aromatic rings. The third-order valence-corrected chi connectivity index (χ3v) is 13.0. The fourth-order valence-corrected chi connectivity index (χ4v) is 9.69. The van der Waals surface area contributed by atoms with Gasteiger partial charge in [-0.05, 0) is 74.6 Å². The Bertz CT molecular complexity index is 2560. The lowest BCUT2D eigenvalue weighted by molar-refractivity contribution is -0.136. The molecule has 2 saturated heterocycles. The van der Waals surface area contributed by atoms with Crippen molar-refractivity contribution < 1.29 is 24.0 Å². The molecule has 1 unspecified atom stereocenters. The van der Waals surface area contributed by atoms with Crippen molar-refractivity contribution in [2.75, 3.05) is 50.0 Å². The Hall–Kier alpha value is -6.51. The van der Waals surface area contributed by atoms with E-state index in [1.807, 2.05) is 54.3 Å². The number of hydrogen-bond acceptors (Lipinski definition) is 13. The number of pyridine rings is 1. The molecule has 17 heteroatoms. The number of aromatic nitrogens is 4. The maximum atomic E-state index is 13.3. The lowest BCUT2D eigenvalue weighted by atomic mass is 9.86. The normalized spacial score (nSPS) is 21.1. The van der Waals surface area contributed by atoms with Crippen molar-refractivity contribution in [3.63, 3.8) is 0 Å². The van der Waals surface area contributed by atoms with Gasteiger partial charge in [-0.3, -0.25) is 39.1 Å². The summed E-state index contributed by atoms with van der Waals surface area (Å²) >= 11 is 1.58. The summed E-state index contributed by atoms with van der Waals surface area (Å²) < 4.78 is 2.00. The largest absolute Gasteiger partial charge is 0.387 e. The van der Waals surface area contributed by atoms with Crippen molar-refractivity contribution in [2.24, 2.45) is 0 Å². The minimum absolute atomic E-state index is 0.00523. The standard InChI is InChI=1S/C42H41N11O5S/c1-44-32-20-35(52-13-12-26-18-24(21-43)2-9-33(26)52)45-22-31(32)40-49-48-39(59-40)25-3-5-27(6-4-25)46-37(55)23-50-14-16-51(17-15-50)28-7-8-29-30(19-28)42(58)53(41(29)57)34-10-11-36(54)47-38(34)56/h2,7-9,12-13,18-20,22,25,27,34H,3-6,10-11,14-17,23H2,1H3,(H,44,45)(H,46,55)(H,47,54,56)/t25-,27-,34?. The molecule has 0 radical (unpaired) electrons. The Balaban J connectivity index is 0.750. The lowest BCUT2D eigenvalue weighted by Crippen LogP contribution is -2.54. The number of imide groups is 2. The number of benzene rings is 2. The van der Waals surface area contributed by atoms with E-state index in [0.29, 0.717) is 38.3 Å². The summed E-state index contributed by atoms with van der Waals surface area (Å²) in [5.41, 5.74) is 4.65. The summed E-state index contributed by atoms with van der Waals surface area (Å²) in [6, 6.07) is 16.0. The van der Waals surface area contributed by atoms with E-state index in [0.717, 1.165) is 74.3 Å². The Labute approximate surface area is 343 Å². The molecule has 0 spiro atoms. The Morgan fingerprint density at radius 1 is 0.915 bits per heavy atom. The van der Waals surface area contributed by atoms with E-state index >= 15 is 0 Å². The number of fused-ring (bicyclic) bond motifs is 2. The molecule has 2 aromatic carbocycles. The third kappa shape index (κ3) is 7.29. The van der Waals surface area contributed by atoms with Crippen molar-refractivity contribution >= 4 is 63.2 Å². The molecule has 300 valence electrons. The molecule has 3 fully saturated rings. The molecule has 16 nitrogen and oxygen atoms in total. The van der Waals surface area contributed by atoms with Crippen LogP contribution in [0.15, 0.2) is 60.9 Å². The number of rotatable bonds is 9. The number of carbonyl (C=O) groups is 5. The van der Waals surface area contributed by atoms with Gasteiger partial charge in [0.1, 0.15) is 16.9 Å². The van der Waals surface area contributed by atoms with Crippen LogP contribution in [0.1, 0.15) is 75.7 Å². The molecule has 3 aliphatic heterocycles. The van der Waals surface area contributed by atoms with Gasteiger partial charge in [0.2, 0.25) is 17.7 Å². The van der Waals surface area contributed by atoms with Gasteiger partial charge in [-0.25, -0.2) is 4.98 Å². The van der Waals surface area contributed by atoms with E-state index in [1.54, 1.807) is 29.5 Å². The van der Waals surface area contributed by atoms with Gasteiger partial charge in [0.15, 0.2) is 5.01 Å². The summed E-state index contributed by atoms with van der Waals surface area (Å²) in [4.78, 5) is 73.6. The van der Waals surface area contributed by atoms with Crippen LogP contribution in [-0.4, -0.2) is 111 Å². The van der Waals surface area contributed by atoms with Gasteiger partial charge < -0.3 is 20.1 Å². The van der Waals surface area contributed by atoms with Gasteiger partial charge in [0.25, 0.3) is 11.8 Å². The Kier molecular flexibility index (Phi) is 10.1. The number of hydrogen-bond donors (Lipinski definition) is 3. The molecule has 0 bridgehead atoms. The van der Waals surface area contributed by atoms with Crippen LogP contribution >= 0.6 is 11.3 Å². The fourth-order valence-electron chi connectivity index (χ4n) is 8.65. The highest BCUT2D eigenvalue weighted by atomic mass is 32.1. The second-order valence-corrected chi connectivity index (χ2v) is 16.4. The first-order chi connectivity index (χ1) is 28.7. The summed E-state index contributed by atoms with van der Waals surface area (Å²) in [5.74, 6) is -1.06. The maximum Gasteiger partial charge on any atom is 0.262 e. The molecule has 1 atom stereocenters. The predicted molar refractivity (Wildman–Crippen MR) is 219 cm³/mol. The van der Waals surface area contributed by atoms with E-state index in [1.165, 1.54) is 0 Å². The maximum absolute atomic E-state index is 13.3. The average Bonchev–Trinajstić information content (AvgIpc) is 3.98. The Morgan fingerprint density at radius 2 is 1.71 bits per heavy atom. The fraction of sp³-hybridized carbons (Fsp3) is 0.357. The van der Waals surface area contributed by atoms with Gasteiger partial charge in [-0.15, -0.1) is 10.2 Å². The van der Waals surface area contributed by atoms with Gasteiger partial charge in [-0.1, -0.05) is 11.3 Å². The van der Waals surface area contributed by atoms with Crippen LogP contribution in [0, 0.1) is 11.3 Å². The zero-order chi connectivity index (χ0) is 40.8. The second kappa shape index (κ2) is 15.7. The third-order valence-electron chi connectivity index (χ3n) is 11.9. The monoisotopic (exact) mass is 811 g/mol. The molecule has 1 aliphatic carbocycles. The average molecular weight is 812 g/mol. The van der Waals surface area contributed by atoms with Crippen LogP contribution in [0.4, 0.5) is 11.4 Å². The van der Waals surface area contributed by atoms with Gasteiger partial charge >= 0.3 is 0 Å². The molecule has 3 N–H and O–H groups in total. The topological polar surface area (TPSA) is 199 Å². The van der Waals surface area contributed by atoms with E-state index in [2.05, 4.69) is 42.0 Å². The molecular formula is C42H41N11O5S. The van der Waals surface area contributed by atoms with Gasteiger partial charge in [-0.2, -0.15) is 5.26 Å². The van der Waals surface area contributed by atoms with Crippen molar-refractivity contribution in [3.05, 3.63) is 82.6 Å². The first kappa shape index (κ1) is 38.0. The predicted octanol–water partition coefficient (Wildman–Crippen LogP) is 3.82. The minimum Gasteiger partial charge on any atom is -0.387 e. The number of anilines is 2. The van der Waals surface area contributed by atoms with Crippen molar-refractivity contribution in [1.29, 1.82) is 5.26 Å². The van der Waals surface area contributed by atoms with Crippen LogP contribution < -0.4 is 20.9 Å². The number of piperidine rings is 1. The molecule has 59 heavy (non-hydrogen) atoms. The van der Waals surface area contributed by atoms with E-state index in [9.17, 15) is 29.2 Å². The summed E-state index contributed by atoms with van der Waals surface area (Å²) in [6.07, 6.45) is 7.49. The zero-order valence-corrected chi connectivity index (χ0v) is 33.1. The molecule has 3 aromatic heterocycles. The molecule has 9 rings (SSSR count). The second-order valence-electron chi connectivity index (χ2n) is 15.4. The van der Waals surface area contributed by atoms with E-state index < -0.39 is 29.7 Å². The highest BCUT2D eigenvalue weighted by Crippen LogP contribution is 2.39. The number of nitriles is 1. The van der Waals surface area contributed by atoms with Crippen molar-refractivity contribution in [1.82, 2.24) is 40.2 Å². The highest BCUT2D eigenvalue weighted by molar-refractivity contribution is 7.14. The van der Waals surface area contributed by atoms with E-state index in [-0.39, 0.29) is 41.8 Å². The summed E-state index contributed by atoms with van der Waals surface area (Å²) in [7, 11) is 1.87. The quantitative estimate of drug-likeness (QED) is 0.182. The number of nitrogens with one attached hydrogen (secondary N) is 3. The molecular weight excluding hydrogens is 771 g/mol. The van der Waals surface area contributed by atoms with Gasteiger partial charge in [0.05, 0.1) is 40.4 Å². The van der Waals surface area contributed by atoms with E-state index in [4.69, 9.17) is 4.98 Å². The first-order valence-corrected chi connectivity index (χ1v) is 20.6. The Morgan fingerprint density at radius 3 is 2.47 bits per heavy atom. The van der Waals surface area contributed by atoms with Crippen molar-refractivity contribution in [2.45, 2.75) is 56.5 Å². The smallest absolute Gasteiger partial charge is 0.262 e. The minimum atomic E-state index is -1.00. The van der Waals surface area contributed by atoms with Crippen LogP contribution in [0.3, 0.4) is 0 Å². The molecule has 4 aliphatic rings. The molecule has 6 heterocycles. The lowest BCUT2D eigenvalue weighted by Gasteiger charge is -2.36. The van der Waals surface area contributed by atoms with Gasteiger partial charge in [0, 0.05) is 86.8 Å². The van der Waals surface area contributed by atoms with Crippen LogP contribution in [0.5, 0.6) is 0 Å². The molecule has 1 saturated carbocycles.